The summed E-state index contributed by atoms with van der Waals surface area (Å²) in [7, 11) is 0. The van der Waals surface area contributed by atoms with Gasteiger partial charge in [-0.1, -0.05) is 74.5 Å². The van der Waals surface area contributed by atoms with Crippen LogP contribution in [0.5, 0.6) is 5.75 Å². The summed E-state index contributed by atoms with van der Waals surface area (Å²) in [5.41, 5.74) is 8.42. The summed E-state index contributed by atoms with van der Waals surface area (Å²) >= 11 is 0. The molecule has 23 nitrogen and oxygen atoms in total. The highest BCUT2D eigenvalue weighted by atomic mass is 16.4. The smallest absolute Gasteiger partial charge is 0.326 e. The SMILES string of the molecule is CC(C)[C@H](NC(=O)[C@H](Cc1ccc(O)cc1)NC(=O)[C@H](CO)NC(=O)[C@H](CCC(=O)O)NC(=O)[C@@H]1CCCN1C(=O)[C@H](Cc1ccccc1)NC(=O)[C@H](Cc1c[nH]c2ccccc12)NC(=O)[C@@H](N)[C@@H](C)O)C(=O)O. The highest BCUT2D eigenvalue weighted by molar-refractivity contribution is 5.98. The van der Waals surface area contributed by atoms with E-state index < -0.39 is 133 Å². The van der Waals surface area contributed by atoms with Crippen LogP contribution < -0.4 is 37.6 Å². The number of phenols is 1. The van der Waals surface area contributed by atoms with Crippen LogP contribution >= 0.6 is 0 Å². The number of benzene rings is 3. The Hall–Kier alpha value is -7.89. The molecule has 5 rings (SSSR count). The van der Waals surface area contributed by atoms with E-state index in [9.17, 15) is 68.7 Å². The van der Waals surface area contributed by atoms with Gasteiger partial charge in [-0.2, -0.15) is 0 Å². The number of carboxylic acids is 2. The zero-order chi connectivity index (χ0) is 54.2. The predicted octanol–water partition coefficient (Wildman–Crippen LogP) is -0.893. The van der Waals surface area contributed by atoms with Gasteiger partial charge in [0.1, 0.15) is 54.1 Å². The van der Waals surface area contributed by atoms with E-state index in [-0.39, 0.29) is 38.0 Å². The number of likely N-dealkylation sites (tertiary alicyclic amines) is 1. The van der Waals surface area contributed by atoms with Crippen molar-refractivity contribution in [2.75, 3.05) is 13.2 Å². The lowest BCUT2D eigenvalue weighted by atomic mass is 10.0. The molecule has 1 saturated heterocycles. The zero-order valence-electron chi connectivity index (χ0n) is 41.2. The standard InChI is InChI=1S/C51H65N9O14/c1-27(2)43(51(73)74)59-46(68)36(22-30-15-17-32(63)18-16-30)55-47(69)39(26-61)58-44(66)35(19-20-41(64)65)54-48(70)40-14-9-21-60(40)50(72)38(23-29-10-5-4-6-11-29)57-45(67)37(56-49(71)42(52)28(3)62)24-31-25-53-34-13-8-7-12-33(31)34/h4-8,10-13,15-18,25,27-28,35-40,42-43,53,61-63H,9,14,19-24,26,52H2,1-3H3,(H,54,70)(H,55,69)(H,56,71)(H,57,67)(H,58,66)(H,59,68)(H,64,65)(H,73,74)/t28-,35+,36+,37+,38+,39+,40+,42+,43+/m1/s1. The molecule has 1 aliphatic rings. The van der Waals surface area contributed by atoms with Crippen molar-refractivity contribution in [3.63, 3.8) is 0 Å². The summed E-state index contributed by atoms with van der Waals surface area (Å²) in [4.78, 5) is 126. The molecule has 0 radical (unpaired) electrons. The maximum atomic E-state index is 14.7. The van der Waals surface area contributed by atoms with Crippen molar-refractivity contribution in [3.8, 4) is 5.75 Å². The molecule has 74 heavy (non-hydrogen) atoms. The maximum Gasteiger partial charge on any atom is 0.326 e. The molecule has 3 aromatic carbocycles. The fourth-order valence-electron chi connectivity index (χ4n) is 8.43. The molecule has 1 aromatic heterocycles. The third kappa shape index (κ3) is 15.8. The van der Waals surface area contributed by atoms with Crippen LogP contribution in [-0.2, 0) is 62.4 Å². The number of carbonyl (C=O) groups excluding carboxylic acids is 7. The number of para-hydroxylation sites is 1. The quantitative estimate of drug-likeness (QED) is 0.0363. The first-order chi connectivity index (χ1) is 35.2. The third-order valence-corrected chi connectivity index (χ3v) is 12.6. The van der Waals surface area contributed by atoms with Gasteiger partial charge >= 0.3 is 11.9 Å². The molecule has 2 heterocycles. The molecule has 4 aromatic rings. The predicted molar refractivity (Wildman–Crippen MR) is 266 cm³/mol. The molecule has 0 spiro atoms. The highest BCUT2D eigenvalue weighted by Crippen LogP contribution is 2.23. The fraction of sp³-hybridized carbons (Fsp3) is 0.431. The van der Waals surface area contributed by atoms with Crippen molar-refractivity contribution in [2.45, 2.75) is 120 Å². The first-order valence-electron chi connectivity index (χ1n) is 24.2. The van der Waals surface area contributed by atoms with Crippen molar-refractivity contribution in [1.29, 1.82) is 0 Å². The summed E-state index contributed by atoms with van der Waals surface area (Å²) in [6.45, 7) is 3.41. The van der Waals surface area contributed by atoms with Crippen LogP contribution in [0.15, 0.2) is 85.1 Å². The number of carbonyl (C=O) groups is 9. The van der Waals surface area contributed by atoms with Gasteiger partial charge in [0, 0.05) is 49.3 Å². The van der Waals surface area contributed by atoms with E-state index in [2.05, 4.69) is 36.9 Å². The Labute approximate surface area is 426 Å². The molecule has 0 unspecified atom stereocenters. The van der Waals surface area contributed by atoms with Gasteiger partial charge in [0.2, 0.25) is 41.4 Å². The van der Waals surface area contributed by atoms with E-state index in [0.717, 1.165) is 10.9 Å². The van der Waals surface area contributed by atoms with Gasteiger partial charge in [-0.25, -0.2) is 4.79 Å². The highest BCUT2D eigenvalue weighted by Gasteiger charge is 2.41. The lowest BCUT2D eigenvalue weighted by Crippen LogP contribution is -2.61. The number of aromatic nitrogens is 1. The number of hydrogen-bond donors (Lipinski definition) is 13. The van der Waals surface area contributed by atoms with Crippen LogP contribution in [0.2, 0.25) is 0 Å². The molecule has 7 amide bonds. The zero-order valence-corrected chi connectivity index (χ0v) is 41.2. The number of aliphatic hydroxyl groups is 2. The molecule has 0 bridgehead atoms. The Morgan fingerprint density at radius 1 is 0.676 bits per heavy atom. The number of H-pyrrole nitrogens is 1. The lowest BCUT2D eigenvalue weighted by molar-refractivity contribution is -0.144. The van der Waals surface area contributed by atoms with Gasteiger partial charge in [-0.15, -0.1) is 0 Å². The van der Waals surface area contributed by atoms with Crippen molar-refractivity contribution in [1.82, 2.24) is 41.8 Å². The molecule has 14 N–H and O–H groups in total. The molecule has 9 atom stereocenters. The van der Waals surface area contributed by atoms with Crippen LogP contribution in [0.3, 0.4) is 0 Å². The third-order valence-electron chi connectivity index (χ3n) is 12.6. The fourth-order valence-corrected chi connectivity index (χ4v) is 8.43. The molecular weight excluding hydrogens is 963 g/mol. The van der Waals surface area contributed by atoms with Crippen molar-refractivity contribution in [3.05, 3.63) is 102 Å². The van der Waals surface area contributed by atoms with Crippen LogP contribution in [0.4, 0.5) is 0 Å². The molecule has 23 heteroatoms. The van der Waals surface area contributed by atoms with Crippen LogP contribution in [0.25, 0.3) is 10.9 Å². The summed E-state index contributed by atoms with van der Waals surface area (Å²) in [5.74, 6) is -9.67. The minimum Gasteiger partial charge on any atom is -0.508 e. The number of nitrogens with zero attached hydrogens (tertiary/aromatic N) is 1. The molecule has 0 aliphatic carbocycles. The van der Waals surface area contributed by atoms with Gasteiger partial charge in [0.05, 0.1) is 12.7 Å². The molecule has 0 saturated carbocycles. The average Bonchev–Trinajstić information content (AvgIpc) is 4.03. The van der Waals surface area contributed by atoms with Crippen molar-refractivity contribution >= 4 is 64.2 Å². The van der Waals surface area contributed by atoms with Gasteiger partial charge in [0.15, 0.2) is 0 Å². The molecular formula is C51H65N9O14. The number of fused-ring (bicyclic) bond motifs is 1. The number of aromatic amines is 1. The minimum absolute atomic E-state index is 0.0266. The number of amides is 7. The van der Waals surface area contributed by atoms with E-state index in [0.29, 0.717) is 23.1 Å². The number of phenolic OH excluding ortho intramolecular Hbond substituents is 1. The first kappa shape index (κ1) is 57.0. The Bertz CT molecular complexity index is 2630. The maximum absolute atomic E-state index is 14.7. The molecule has 1 aliphatic heterocycles. The van der Waals surface area contributed by atoms with Gasteiger partial charge < -0.3 is 73.1 Å². The van der Waals surface area contributed by atoms with Crippen LogP contribution in [-0.4, -0.2) is 156 Å². The Balaban J connectivity index is 1.35. The molecule has 1 fully saturated rings. The van der Waals surface area contributed by atoms with Gasteiger partial charge in [-0.3, -0.25) is 38.4 Å². The molecule has 398 valence electrons. The van der Waals surface area contributed by atoms with Crippen LogP contribution in [0.1, 0.15) is 63.1 Å². The number of aromatic hydroxyl groups is 1. The number of nitrogens with two attached hydrogens (primary N) is 1. The van der Waals surface area contributed by atoms with E-state index in [1.807, 2.05) is 18.2 Å². The van der Waals surface area contributed by atoms with E-state index in [1.165, 1.54) is 36.1 Å². The number of aliphatic hydroxyl groups excluding tert-OH is 2. The summed E-state index contributed by atoms with van der Waals surface area (Å²) in [5, 5.41) is 65.2. The summed E-state index contributed by atoms with van der Waals surface area (Å²) < 4.78 is 0. The second-order valence-corrected chi connectivity index (χ2v) is 18.6. The monoisotopic (exact) mass is 1030 g/mol. The summed E-state index contributed by atoms with van der Waals surface area (Å²) in [6.07, 6.45) is -0.724. The largest absolute Gasteiger partial charge is 0.508 e. The van der Waals surface area contributed by atoms with E-state index in [4.69, 9.17) is 5.73 Å². The van der Waals surface area contributed by atoms with Crippen molar-refractivity contribution < 1.29 is 68.7 Å². The Morgan fingerprint density at radius 2 is 1.23 bits per heavy atom. The Morgan fingerprint density at radius 3 is 1.86 bits per heavy atom. The second kappa shape index (κ2) is 26.7. The number of carboxylic acid groups (broad SMARTS) is 2. The lowest BCUT2D eigenvalue weighted by Gasteiger charge is -2.31. The normalized spacial score (nSPS) is 16.6. The number of aliphatic carboxylic acids is 2. The second-order valence-electron chi connectivity index (χ2n) is 18.6. The van der Waals surface area contributed by atoms with E-state index in [1.54, 1.807) is 56.4 Å². The first-order valence-corrected chi connectivity index (χ1v) is 24.2. The number of rotatable bonds is 26. The van der Waals surface area contributed by atoms with Gasteiger partial charge in [0.25, 0.3) is 0 Å². The topological polar surface area (TPSA) is 372 Å². The van der Waals surface area contributed by atoms with Crippen LogP contribution in [0, 0.1) is 5.92 Å². The Kier molecular flexibility index (Phi) is 20.6. The minimum atomic E-state index is -1.79. The number of hydrogen-bond acceptors (Lipinski definition) is 13. The summed E-state index contributed by atoms with van der Waals surface area (Å²) in [6, 6.07) is 9.95. The number of nitrogens with one attached hydrogen (secondary N) is 7. The van der Waals surface area contributed by atoms with Crippen molar-refractivity contribution in [2.24, 2.45) is 11.7 Å². The van der Waals surface area contributed by atoms with E-state index >= 15 is 0 Å². The van der Waals surface area contributed by atoms with Gasteiger partial charge in [-0.05, 0) is 67.0 Å². The average molecular weight is 1030 g/mol.